The molecule has 0 fully saturated rings. The largest absolute Gasteiger partial charge is 0.497 e. The number of benzene rings is 2. The van der Waals surface area contributed by atoms with Crippen LogP contribution in [0.25, 0.3) is 11.0 Å². The molecule has 2 amide bonds. The van der Waals surface area contributed by atoms with Crippen molar-refractivity contribution in [2.24, 2.45) is 0 Å². The average molecular weight is 460 g/mol. The van der Waals surface area contributed by atoms with Crippen molar-refractivity contribution in [3.8, 4) is 11.5 Å². The molecular formula is C24H24N6O4. The second-order valence-electron chi connectivity index (χ2n) is 7.46. The first-order chi connectivity index (χ1) is 16.6. The molecule has 0 aliphatic carbocycles. The molecule has 4 aromatic rings. The third-order valence-corrected chi connectivity index (χ3v) is 5.17. The highest BCUT2D eigenvalue weighted by Gasteiger charge is 2.20. The third-order valence-electron chi connectivity index (χ3n) is 5.17. The lowest BCUT2D eigenvalue weighted by Gasteiger charge is -2.22. The van der Waals surface area contributed by atoms with E-state index < -0.39 is 0 Å². The molecule has 0 unspecified atom stereocenters. The van der Waals surface area contributed by atoms with Gasteiger partial charge in [-0.25, -0.2) is 4.68 Å². The number of fused-ring (bicyclic) bond motifs is 1. The van der Waals surface area contributed by atoms with Crippen LogP contribution in [-0.2, 0) is 22.7 Å². The van der Waals surface area contributed by atoms with Crippen molar-refractivity contribution in [3.05, 3.63) is 72.6 Å². The van der Waals surface area contributed by atoms with Gasteiger partial charge in [-0.15, -0.1) is 5.10 Å². The van der Waals surface area contributed by atoms with E-state index in [1.165, 1.54) is 16.7 Å². The number of carbonyl (C=O) groups is 2. The molecule has 0 atom stereocenters. The van der Waals surface area contributed by atoms with Crippen LogP contribution in [0, 0.1) is 0 Å². The summed E-state index contributed by atoms with van der Waals surface area (Å²) < 4.78 is 12.1. The van der Waals surface area contributed by atoms with E-state index in [9.17, 15) is 9.59 Å². The van der Waals surface area contributed by atoms with Gasteiger partial charge in [-0.2, -0.15) is 0 Å². The zero-order chi connectivity index (χ0) is 23.9. The molecular weight excluding hydrogens is 436 g/mol. The molecule has 2 aromatic heterocycles. The quantitative estimate of drug-likeness (QED) is 0.408. The third kappa shape index (κ3) is 5.29. The number of methoxy groups -OCH3 is 2. The molecule has 10 nitrogen and oxygen atoms in total. The number of anilines is 1. The van der Waals surface area contributed by atoms with Crippen LogP contribution in [-0.4, -0.2) is 57.5 Å². The highest BCUT2D eigenvalue weighted by molar-refractivity contribution is 5.96. The molecule has 10 heteroatoms. The van der Waals surface area contributed by atoms with E-state index in [-0.39, 0.29) is 31.4 Å². The maximum atomic E-state index is 13.2. The smallest absolute Gasteiger partial charge is 0.245 e. The number of carbonyl (C=O) groups excluding carboxylic acids is 2. The zero-order valence-corrected chi connectivity index (χ0v) is 18.8. The second-order valence-corrected chi connectivity index (χ2v) is 7.46. The van der Waals surface area contributed by atoms with Crippen LogP contribution in [0.15, 0.2) is 67.0 Å². The normalized spacial score (nSPS) is 10.6. The molecule has 2 heterocycles. The summed E-state index contributed by atoms with van der Waals surface area (Å²) in [7, 11) is 3.05. The lowest BCUT2D eigenvalue weighted by Crippen LogP contribution is -2.39. The summed E-state index contributed by atoms with van der Waals surface area (Å²) in [5.41, 5.74) is 2.71. The van der Waals surface area contributed by atoms with Gasteiger partial charge >= 0.3 is 0 Å². The number of rotatable bonds is 9. The number of para-hydroxylation sites is 1. The van der Waals surface area contributed by atoms with Crippen LogP contribution in [0.1, 0.15) is 5.56 Å². The van der Waals surface area contributed by atoms with E-state index in [0.29, 0.717) is 22.7 Å². The van der Waals surface area contributed by atoms with Gasteiger partial charge < -0.3 is 19.7 Å². The standard InChI is InChI=1S/C24H24N6O4/c1-33-18-9-10-20(22(12-18)34-2)26-23(31)15-29(14-17-6-5-11-25-13-17)24(32)16-30-21-8-4-3-7-19(21)27-28-30/h3-13H,14-16H2,1-2H3,(H,26,31). The Morgan fingerprint density at radius 3 is 2.68 bits per heavy atom. The molecule has 0 aliphatic rings. The number of hydrogen-bond donors (Lipinski definition) is 1. The fourth-order valence-electron chi connectivity index (χ4n) is 3.47. The predicted octanol–water partition coefficient (Wildman–Crippen LogP) is 2.51. The first kappa shape index (κ1) is 22.7. The molecule has 4 rings (SSSR count). The van der Waals surface area contributed by atoms with Crippen LogP contribution in [0.2, 0.25) is 0 Å². The Balaban J connectivity index is 1.52. The van der Waals surface area contributed by atoms with Gasteiger partial charge in [-0.3, -0.25) is 14.6 Å². The zero-order valence-electron chi connectivity index (χ0n) is 18.8. The van der Waals surface area contributed by atoms with Gasteiger partial charge in [0.1, 0.15) is 30.1 Å². The molecule has 1 N–H and O–H groups in total. The van der Waals surface area contributed by atoms with Crippen LogP contribution in [0.5, 0.6) is 11.5 Å². The summed E-state index contributed by atoms with van der Waals surface area (Å²) >= 11 is 0. The van der Waals surface area contributed by atoms with E-state index >= 15 is 0 Å². The molecule has 2 aromatic carbocycles. The Bertz CT molecular complexity index is 1290. The van der Waals surface area contributed by atoms with Crippen molar-refractivity contribution >= 4 is 28.5 Å². The number of ether oxygens (including phenoxy) is 2. The Kier molecular flexibility index (Phi) is 6.97. The summed E-state index contributed by atoms with van der Waals surface area (Å²) in [6.45, 7) is -0.0120. The van der Waals surface area contributed by atoms with Crippen molar-refractivity contribution in [2.45, 2.75) is 13.1 Å². The number of aromatic nitrogens is 4. The van der Waals surface area contributed by atoms with Crippen molar-refractivity contribution in [1.29, 1.82) is 0 Å². The second kappa shape index (κ2) is 10.4. The van der Waals surface area contributed by atoms with Gasteiger partial charge in [0.25, 0.3) is 0 Å². The predicted molar refractivity (Wildman–Crippen MR) is 125 cm³/mol. The fraction of sp³-hybridized carbons (Fsp3) is 0.208. The Morgan fingerprint density at radius 2 is 1.91 bits per heavy atom. The summed E-state index contributed by atoms with van der Waals surface area (Å²) in [5, 5.41) is 11.0. The Hall–Kier alpha value is -4.47. The summed E-state index contributed by atoms with van der Waals surface area (Å²) in [5.74, 6) is 0.399. The molecule has 0 saturated carbocycles. The lowest BCUT2D eigenvalue weighted by atomic mass is 10.2. The molecule has 0 aliphatic heterocycles. The fourth-order valence-corrected chi connectivity index (χ4v) is 3.47. The van der Waals surface area contributed by atoms with Gasteiger partial charge in [-0.1, -0.05) is 23.4 Å². The van der Waals surface area contributed by atoms with Crippen molar-refractivity contribution in [3.63, 3.8) is 0 Å². The first-order valence-electron chi connectivity index (χ1n) is 10.5. The van der Waals surface area contributed by atoms with Gasteiger partial charge in [0, 0.05) is 25.0 Å². The maximum absolute atomic E-state index is 13.2. The maximum Gasteiger partial charge on any atom is 0.245 e. The number of amides is 2. The van der Waals surface area contributed by atoms with Gasteiger partial charge in [-0.05, 0) is 35.9 Å². The Morgan fingerprint density at radius 1 is 1.06 bits per heavy atom. The van der Waals surface area contributed by atoms with Crippen LogP contribution in [0.4, 0.5) is 5.69 Å². The minimum atomic E-state index is -0.371. The SMILES string of the molecule is COc1ccc(NC(=O)CN(Cc2cccnc2)C(=O)Cn2nnc3ccccc32)c(OC)c1. The molecule has 34 heavy (non-hydrogen) atoms. The topological polar surface area (TPSA) is 111 Å². The average Bonchev–Trinajstić information content (AvgIpc) is 3.27. The number of nitrogens with one attached hydrogen (secondary N) is 1. The van der Waals surface area contributed by atoms with E-state index in [4.69, 9.17) is 9.47 Å². The molecule has 0 radical (unpaired) electrons. The van der Waals surface area contributed by atoms with Crippen molar-refractivity contribution in [1.82, 2.24) is 24.9 Å². The molecule has 174 valence electrons. The minimum Gasteiger partial charge on any atom is -0.497 e. The Labute approximate surface area is 196 Å². The van der Waals surface area contributed by atoms with Crippen LogP contribution in [0.3, 0.4) is 0 Å². The molecule has 0 bridgehead atoms. The summed E-state index contributed by atoms with van der Waals surface area (Å²) in [6, 6.07) is 16.1. The van der Waals surface area contributed by atoms with Gasteiger partial charge in [0.2, 0.25) is 11.8 Å². The van der Waals surface area contributed by atoms with Gasteiger partial charge in [0.05, 0.1) is 25.4 Å². The highest BCUT2D eigenvalue weighted by atomic mass is 16.5. The number of nitrogens with zero attached hydrogens (tertiary/aromatic N) is 5. The van der Waals surface area contributed by atoms with E-state index in [1.54, 1.807) is 43.8 Å². The number of pyridine rings is 1. The molecule has 0 spiro atoms. The molecule has 0 saturated heterocycles. The number of hydrogen-bond acceptors (Lipinski definition) is 7. The summed E-state index contributed by atoms with van der Waals surface area (Å²) in [6.07, 6.45) is 3.31. The van der Waals surface area contributed by atoms with Crippen molar-refractivity contribution in [2.75, 3.05) is 26.1 Å². The van der Waals surface area contributed by atoms with Crippen LogP contribution < -0.4 is 14.8 Å². The lowest BCUT2D eigenvalue weighted by molar-refractivity contribution is -0.136. The summed E-state index contributed by atoms with van der Waals surface area (Å²) in [4.78, 5) is 31.7. The highest BCUT2D eigenvalue weighted by Crippen LogP contribution is 2.29. The van der Waals surface area contributed by atoms with Crippen LogP contribution >= 0.6 is 0 Å². The van der Waals surface area contributed by atoms with Crippen molar-refractivity contribution < 1.29 is 19.1 Å². The van der Waals surface area contributed by atoms with E-state index in [2.05, 4.69) is 20.6 Å². The minimum absolute atomic E-state index is 0.0556. The first-order valence-corrected chi connectivity index (χ1v) is 10.5. The monoisotopic (exact) mass is 460 g/mol. The van der Waals surface area contributed by atoms with E-state index in [1.807, 2.05) is 30.3 Å². The van der Waals surface area contributed by atoms with E-state index in [0.717, 1.165) is 11.1 Å². The van der Waals surface area contributed by atoms with Gasteiger partial charge in [0.15, 0.2) is 0 Å².